The number of carbonyl (C=O) groups excluding carboxylic acids is 1. The predicted octanol–water partition coefficient (Wildman–Crippen LogP) is 7.95. The summed E-state index contributed by atoms with van der Waals surface area (Å²) in [6.07, 6.45) is 17.1. The molecule has 0 unspecified atom stereocenters. The number of benzene rings is 1. The summed E-state index contributed by atoms with van der Waals surface area (Å²) < 4.78 is 131. The van der Waals surface area contributed by atoms with Crippen LogP contribution < -0.4 is 4.74 Å². The molecule has 0 aromatic heterocycles. The highest BCUT2D eigenvalue weighted by Gasteiger charge is 2.28. The van der Waals surface area contributed by atoms with Crippen LogP contribution in [0.3, 0.4) is 0 Å². The number of rotatable bonds is 48. The molecule has 0 aliphatic carbocycles. The Kier molecular flexibility index (Phi) is 41.2. The van der Waals surface area contributed by atoms with Crippen molar-refractivity contribution in [2.75, 3.05) is 145 Å². The van der Waals surface area contributed by atoms with Gasteiger partial charge in [-0.1, -0.05) is 84.0 Å². The minimum Gasteiger partial charge on any atom is -0.420 e. The van der Waals surface area contributed by atoms with Crippen molar-refractivity contribution in [3.8, 4) is 5.75 Å². The van der Waals surface area contributed by atoms with Crippen LogP contribution in [0.5, 0.6) is 5.75 Å². The van der Waals surface area contributed by atoms with Gasteiger partial charge >= 0.3 is 5.97 Å². The summed E-state index contributed by atoms with van der Waals surface area (Å²) in [6, 6.07) is 0. The lowest BCUT2D eigenvalue weighted by Crippen LogP contribution is -2.16. The van der Waals surface area contributed by atoms with Gasteiger partial charge in [-0.05, 0) is 6.42 Å². The van der Waals surface area contributed by atoms with E-state index in [9.17, 15) is 26.7 Å². The predicted molar refractivity (Wildman–Crippen MR) is 221 cm³/mol. The van der Waals surface area contributed by atoms with E-state index in [1.165, 1.54) is 77.0 Å². The minimum atomic E-state index is -2.35. The highest BCUT2D eigenvalue weighted by Crippen LogP contribution is 2.29. The second kappa shape index (κ2) is 44.1. The van der Waals surface area contributed by atoms with Crippen molar-refractivity contribution in [3.05, 3.63) is 29.1 Å². The normalized spacial score (nSPS) is 11.6. The second-order valence-corrected chi connectivity index (χ2v) is 14.1. The zero-order valence-corrected chi connectivity index (χ0v) is 37.2. The van der Waals surface area contributed by atoms with Crippen LogP contribution in [0, 0.1) is 29.1 Å². The summed E-state index contributed by atoms with van der Waals surface area (Å²) in [5.74, 6) is -14.1. The number of esters is 1. The van der Waals surface area contributed by atoms with Gasteiger partial charge < -0.3 is 56.8 Å². The summed E-state index contributed by atoms with van der Waals surface area (Å²) in [5.41, 5.74) is 0. The van der Waals surface area contributed by atoms with E-state index in [4.69, 9.17) is 52.1 Å². The summed E-state index contributed by atoms with van der Waals surface area (Å²) in [5, 5.41) is 0. The molecule has 0 amide bonds. The Morgan fingerprint density at radius 1 is 0.306 bits per heavy atom. The number of hydrogen-bond acceptors (Lipinski definition) is 13. The van der Waals surface area contributed by atoms with E-state index in [1.54, 1.807) is 0 Å². The molecule has 1 rings (SSSR count). The van der Waals surface area contributed by atoms with Gasteiger partial charge in [0.2, 0.25) is 34.8 Å². The molecule has 62 heavy (non-hydrogen) atoms. The molecule has 0 bridgehead atoms. The maximum atomic E-state index is 13.6. The highest BCUT2D eigenvalue weighted by atomic mass is 19.2. The lowest BCUT2D eigenvalue weighted by atomic mass is 10.0. The van der Waals surface area contributed by atoms with Crippen LogP contribution in [-0.4, -0.2) is 151 Å². The smallest absolute Gasteiger partial charge is 0.313 e. The first-order chi connectivity index (χ1) is 30.4. The maximum absolute atomic E-state index is 13.6. The van der Waals surface area contributed by atoms with Gasteiger partial charge in [-0.3, -0.25) is 4.79 Å². The summed E-state index contributed by atoms with van der Waals surface area (Å²) >= 11 is 0. The first kappa shape index (κ1) is 57.9. The fourth-order valence-electron chi connectivity index (χ4n) is 5.52. The fourth-order valence-corrected chi connectivity index (χ4v) is 5.52. The van der Waals surface area contributed by atoms with Crippen molar-refractivity contribution < 1.29 is 83.6 Å². The first-order valence-electron chi connectivity index (χ1n) is 22.5. The van der Waals surface area contributed by atoms with E-state index in [0.29, 0.717) is 112 Å². The van der Waals surface area contributed by atoms with Crippen molar-refractivity contribution >= 4 is 5.97 Å². The van der Waals surface area contributed by atoms with Gasteiger partial charge in [0.15, 0.2) is 0 Å². The van der Waals surface area contributed by atoms with Gasteiger partial charge in [-0.25, -0.2) is 13.2 Å². The molecule has 0 N–H and O–H groups in total. The summed E-state index contributed by atoms with van der Waals surface area (Å²) in [6.45, 7) is 11.3. The van der Waals surface area contributed by atoms with Crippen LogP contribution in [0.15, 0.2) is 0 Å². The van der Waals surface area contributed by atoms with Gasteiger partial charge in [0.1, 0.15) is 0 Å². The van der Waals surface area contributed by atoms with Gasteiger partial charge in [0, 0.05) is 6.61 Å². The number of carbonyl (C=O) groups is 1. The fraction of sp³-hybridized carbons (Fsp3) is 0.841. The van der Waals surface area contributed by atoms with E-state index in [2.05, 4.69) is 11.7 Å². The maximum Gasteiger partial charge on any atom is 0.313 e. The largest absolute Gasteiger partial charge is 0.420 e. The number of ether oxygens (including phenoxy) is 12. The Bertz CT molecular complexity index is 1150. The molecule has 0 heterocycles. The molecule has 0 aliphatic heterocycles. The van der Waals surface area contributed by atoms with Crippen LogP contribution in [0.2, 0.25) is 0 Å². The topological polar surface area (TPSA) is 128 Å². The number of unbranched alkanes of at least 4 members (excludes halogenated alkanes) is 12. The molecule has 0 spiro atoms. The standard InChI is InChI=1S/C44H75F5O13/c1-2-3-4-5-6-7-8-9-10-11-12-13-14-16-51-18-20-53-22-24-55-26-28-57-30-32-59-34-36-61-37-35-60-33-31-58-29-27-56-25-23-54-21-19-52-17-15-38(50)62-44-42(48)40(46)39(45)41(47)43(44)49/h2-37H2,1H3. The van der Waals surface area contributed by atoms with Crippen LogP contribution >= 0.6 is 0 Å². The Labute approximate surface area is 366 Å². The second-order valence-electron chi connectivity index (χ2n) is 14.1. The monoisotopic (exact) mass is 907 g/mol. The van der Waals surface area contributed by atoms with Crippen LogP contribution in [0.25, 0.3) is 0 Å². The average Bonchev–Trinajstić information content (AvgIpc) is 3.27. The number of hydrogen-bond donors (Lipinski definition) is 0. The third-order valence-electron chi connectivity index (χ3n) is 8.95. The van der Waals surface area contributed by atoms with Crippen molar-refractivity contribution in [3.63, 3.8) is 0 Å². The van der Waals surface area contributed by atoms with Crippen molar-refractivity contribution in [1.29, 1.82) is 0 Å². The molecule has 18 heteroatoms. The molecule has 1 aromatic carbocycles. The van der Waals surface area contributed by atoms with Gasteiger partial charge in [-0.15, -0.1) is 0 Å². The van der Waals surface area contributed by atoms with E-state index in [0.717, 1.165) is 13.0 Å². The number of halogens is 5. The molecule has 0 atom stereocenters. The third-order valence-corrected chi connectivity index (χ3v) is 8.95. The zero-order chi connectivity index (χ0) is 45.0. The van der Waals surface area contributed by atoms with E-state index in [1.807, 2.05) is 0 Å². The summed E-state index contributed by atoms with van der Waals surface area (Å²) in [7, 11) is 0. The molecule has 0 aliphatic rings. The van der Waals surface area contributed by atoms with E-state index < -0.39 is 47.2 Å². The Balaban J connectivity index is 1.68. The lowest BCUT2D eigenvalue weighted by Gasteiger charge is -2.09. The molecule has 0 saturated heterocycles. The van der Waals surface area contributed by atoms with Gasteiger partial charge in [0.05, 0.1) is 145 Å². The van der Waals surface area contributed by atoms with Gasteiger partial charge in [-0.2, -0.15) is 8.78 Å². The minimum absolute atomic E-state index is 0.0818. The van der Waals surface area contributed by atoms with Crippen molar-refractivity contribution in [1.82, 2.24) is 0 Å². The molecule has 0 fully saturated rings. The van der Waals surface area contributed by atoms with Crippen LogP contribution in [0.1, 0.15) is 96.8 Å². The van der Waals surface area contributed by atoms with Crippen molar-refractivity contribution in [2.45, 2.75) is 96.8 Å². The Hall–Kier alpha value is -2.10. The molecular formula is C44H75F5O13. The third kappa shape index (κ3) is 34.3. The van der Waals surface area contributed by atoms with Crippen LogP contribution in [0.4, 0.5) is 22.0 Å². The Morgan fingerprint density at radius 2 is 0.532 bits per heavy atom. The van der Waals surface area contributed by atoms with Crippen molar-refractivity contribution in [2.24, 2.45) is 0 Å². The Morgan fingerprint density at radius 3 is 0.823 bits per heavy atom. The SMILES string of the molecule is CCCCCCCCCCCCCCCOCCOCCOCCOCCOCCOCCOCCOCCOCCOCCOCCC(=O)Oc1c(F)c(F)c(F)c(F)c1F. The summed E-state index contributed by atoms with van der Waals surface area (Å²) in [4.78, 5) is 11.7. The molecule has 0 saturated carbocycles. The molecule has 0 radical (unpaired) electrons. The van der Waals surface area contributed by atoms with E-state index >= 15 is 0 Å². The molecule has 1 aromatic rings. The van der Waals surface area contributed by atoms with Gasteiger partial charge in [0.25, 0.3) is 0 Å². The molecule has 13 nitrogen and oxygen atoms in total. The van der Waals surface area contributed by atoms with E-state index in [-0.39, 0.29) is 26.4 Å². The molecule has 364 valence electrons. The van der Waals surface area contributed by atoms with Crippen LogP contribution in [-0.2, 0) is 56.9 Å². The first-order valence-corrected chi connectivity index (χ1v) is 22.5. The quantitative estimate of drug-likeness (QED) is 0.0157. The highest BCUT2D eigenvalue weighted by molar-refractivity contribution is 5.72. The average molecular weight is 907 g/mol. The zero-order valence-electron chi connectivity index (χ0n) is 37.2. The molecular weight excluding hydrogens is 831 g/mol. The lowest BCUT2D eigenvalue weighted by molar-refractivity contribution is -0.136.